The molecule has 30 heavy (non-hydrogen) atoms. The maximum atomic E-state index is 12.7. The lowest BCUT2D eigenvalue weighted by atomic mass is 10.0. The Morgan fingerprint density at radius 2 is 2.00 bits per heavy atom. The van der Waals surface area contributed by atoms with Gasteiger partial charge >= 0.3 is 0 Å². The summed E-state index contributed by atoms with van der Waals surface area (Å²) < 4.78 is 0. The van der Waals surface area contributed by atoms with Gasteiger partial charge in [0.25, 0.3) is 0 Å². The van der Waals surface area contributed by atoms with E-state index in [1.165, 1.54) is 6.33 Å². The number of nitrogens with zero attached hydrogens (tertiary/aromatic N) is 3. The van der Waals surface area contributed by atoms with Crippen LogP contribution in [0.25, 0.3) is 0 Å². The van der Waals surface area contributed by atoms with Gasteiger partial charge in [-0.15, -0.1) is 0 Å². The standard InChI is InChI=1S/C20H22Cl2N6O2/c21-12-6-13(22)8-15(7-12)23-9-18(30)28-5-1-2-14(10-28)26-19-16-3-4-17(29)27-20(16)25-11-24-19/h6-8,11,14,23H,1-5,9-10H2,(H2,24,25,26,27,29)/t14-/m0/s1. The molecule has 8 nitrogen and oxygen atoms in total. The molecule has 3 heterocycles. The van der Waals surface area contributed by atoms with Crippen molar-refractivity contribution < 1.29 is 9.59 Å². The van der Waals surface area contributed by atoms with Crippen molar-refractivity contribution >= 4 is 52.3 Å². The van der Waals surface area contributed by atoms with Gasteiger partial charge in [-0.2, -0.15) is 0 Å². The van der Waals surface area contributed by atoms with E-state index in [-0.39, 0.29) is 24.4 Å². The van der Waals surface area contributed by atoms with E-state index >= 15 is 0 Å². The molecular formula is C20H22Cl2N6O2. The third-order valence-electron chi connectivity index (χ3n) is 5.23. The summed E-state index contributed by atoms with van der Waals surface area (Å²) >= 11 is 12.0. The second-order valence-electron chi connectivity index (χ2n) is 7.43. The monoisotopic (exact) mass is 448 g/mol. The Morgan fingerprint density at radius 1 is 1.20 bits per heavy atom. The summed E-state index contributed by atoms with van der Waals surface area (Å²) in [6.45, 7) is 1.47. The highest BCUT2D eigenvalue weighted by Crippen LogP contribution is 2.27. The molecule has 10 heteroatoms. The van der Waals surface area contributed by atoms with Crippen molar-refractivity contribution in [2.45, 2.75) is 31.7 Å². The molecule has 0 unspecified atom stereocenters. The summed E-state index contributed by atoms with van der Waals surface area (Å²) in [5.74, 6) is 1.27. The van der Waals surface area contributed by atoms with Crippen LogP contribution in [0.2, 0.25) is 10.0 Å². The second kappa shape index (κ2) is 9.06. The lowest BCUT2D eigenvalue weighted by Crippen LogP contribution is -2.47. The number of rotatable bonds is 5. The van der Waals surface area contributed by atoms with Crippen LogP contribution in [-0.4, -0.2) is 52.4 Å². The van der Waals surface area contributed by atoms with E-state index < -0.39 is 0 Å². The van der Waals surface area contributed by atoms with Gasteiger partial charge in [0.15, 0.2) is 0 Å². The molecule has 0 aliphatic carbocycles. The molecule has 4 rings (SSSR count). The normalized spacial score (nSPS) is 18.4. The van der Waals surface area contributed by atoms with E-state index in [0.717, 1.165) is 24.2 Å². The summed E-state index contributed by atoms with van der Waals surface area (Å²) in [5.41, 5.74) is 1.63. The molecule has 0 radical (unpaired) electrons. The predicted octanol–water partition coefficient (Wildman–Crippen LogP) is 3.18. The first-order valence-corrected chi connectivity index (χ1v) is 10.6. The van der Waals surface area contributed by atoms with E-state index in [0.29, 0.717) is 47.5 Å². The lowest BCUT2D eigenvalue weighted by molar-refractivity contribution is -0.130. The zero-order valence-electron chi connectivity index (χ0n) is 16.3. The minimum absolute atomic E-state index is 0.00887. The number of fused-ring (bicyclic) bond motifs is 1. The van der Waals surface area contributed by atoms with Crippen LogP contribution < -0.4 is 16.0 Å². The van der Waals surface area contributed by atoms with E-state index in [1.54, 1.807) is 18.2 Å². The van der Waals surface area contributed by atoms with Crippen LogP contribution in [0.3, 0.4) is 0 Å². The van der Waals surface area contributed by atoms with Crippen LogP contribution >= 0.6 is 23.2 Å². The molecule has 158 valence electrons. The molecule has 0 saturated carbocycles. The van der Waals surface area contributed by atoms with Gasteiger partial charge in [-0.1, -0.05) is 23.2 Å². The number of carbonyl (C=O) groups is 2. The molecule has 1 aromatic carbocycles. The summed E-state index contributed by atoms with van der Waals surface area (Å²) in [5, 5.41) is 10.4. The highest BCUT2D eigenvalue weighted by molar-refractivity contribution is 6.35. The fourth-order valence-electron chi connectivity index (χ4n) is 3.77. The van der Waals surface area contributed by atoms with Gasteiger partial charge < -0.3 is 20.9 Å². The van der Waals surface area contributed by atoms with Gasteiger partial charge in [-0.25, -0.2) is 9.97 Å². The van der Waals surface area contributed by atoms with Crippen molar-refractivity contribution in [3.05, 3.63) is 40.1 Å². The van der Waals surface area contributed by atoms with Gasteiger partial charge in [0.2, 0.25) is 11.8 Å². The fraction of sp³-hybridized carbons (Fsp3) is 0.400. The Morgan fingerprint density at radius 3 is 2.80 bits per heavy atom. The number of hydrogen-bond donors (Lipinski definition) is 3. The topological polar surface area (TPSA) is 99.2 Å². The molecule has 2 aromatic rings. The third-order valence-corrected chi connectivity index (χ3v) is 5.66. The smallest absolute Gasteiger partial charge is 0.241 e. The SMILES string of the molecule is O=C1CCc2c(ncnc2N[C@H]2CCCN(C(=O)CNc3cc(Cl)cc(Cl)c3)C2)N1. The summed E-state index contributed by atoms with van der Waals surface area (Å²) in [6, 6.07) is 5.20. The number of amides is 2. The Hall–Kier alpha value is -2.58. The molecule has 1 atom stereocenters. The van der Waals surface area contributed by atoms with Gasteiger partial charge in [-0.05, 0) is 37.5 Å². The van der Waals surface area contributed by atoms with Crippen LogP contribution in [0.5, 0.6) is 0 Å². The van der Waals surface area contributed by atoms with Crippen molar-refractivity contribution in [3.63, 3.8) is 0 Å². The largest absolute Gasteiger partial charge is 0.376 e. The summed E-state index contributed by atoms with van der Waals surface area (Å²) in [7, 11) is 0. The quantitative estimate of drug-likeness (QED) is 0.649. The Balaban J connectivity index is 1.36. The first-order valence-electron chi connectivity index (χ1n) is 9.86. The maximum absolute atomic E-state index is 12.7. The highest BCUT2D eigenvalue weighted by atomic mass is 35.5. The predicted molar refractivity (Wildman–Crippen MR) is 117 cm³/mol. The first-order chi connectivity index (χ1) is 14.5. The van der Waals surface area contributed by atoms with E-state index in [1.807, 2.05) is 4.90 Å². The average Bonchev–Trinajstić information content (AvgIpc) is 2.71. The zero-order valence-corrected chi connectivity index (χ0v) is 17.8. The number of piperidine rings is 1. The van der Waals surface area contributed by atoms with Crippen LogP contribution in [0.4, 0.5) is 17.3 Å². The number of carbonyl (C=O) groups excluding carboxylic acids is 2. The lowest BCUT2D eigenvalue weighted by Gasteiger charge is -2.34. The second-order valence-corrected chi connectivity index (χ2v) is 8.31. The van der Waals surface area contributed by atoms with Gasteiger partial charge in [0, 0.05) is 46.8 Å². The molecule has 3 N–H and O–H groups in total. The highest BCUT2D eigenvalue weighted by Gasteiger charge is 2.26. The third kappa shape index (κ3) is 4.94. The van der Waals surface area contributed by atoms with Crippen molar-refractivity contribution in [1.82, 2.24) is 14.9 Å². The van der Waals surface area contributed by atoms with Crippen molar-refractivity contribution in [2.75, 3.05) is 35.6 Å². The van der Waals surface area contributed by atoms with Crippen molar-refractivity contribution in [3.8, 4) is 0 Å². The number of likely N-dealkylation sites (tertiary alicyclic amines) is 1. The van der Waals surface area contributed by atoms with Crippen LogP contribution in [0.1, 0.15) is 24.8 Å². The minimum atomic E-state index is -0.0323. The van der Waals surface area contributed by atoms with Crippen molar-refractivity contribution in [2.24, 2.45) is 0 Å². The molecule has 1 aromatic heterocycles. The Kier molecular flexibility index (Phi) is 6.24. The Bertz CT molecular complexity index is 950. The molecule has 2 aliphatic rings. The van der Waals surface area contributed by atoms with E-state index in [2.05, 4.69) is 25.9 Å². The minimum Gasteiger partial charge on any atom is -0.376 e. The molecule has 2 amide bonds. The van der Waals surface area contributed by atoms with Crippen molar-refractivity contribution in [1.29, 1.82) is 0 Å². The molecule has 0 spiro atoms. The molecule has 1 fully saturated rings. The van der Waals surface area contributed by atoms with Gasteiger partial charge in [-0.3, -0.25) is 9.59 Å². The maximum Gasteiger partial charge on any atom is 0.241 e. The van der Waals surface area contributed by atoms with Crippen LogP contribution in [0.15, 0.2) is 24.5 Å². The molecule has 0 bridgehead atoms. The number of halogens is 2. The first kappa shape index (κ1) is 20.7. The Labute approximate surface area is 184 Å². The summed E-state index contributed by atoms with van der Waals surface area (Å²) in [6.07, 6.45) is 4.30. The number of hydrogen-bond acceptors (Lipinski definition) is 6. The van der Waals surface area contributed by atoms with Crippen LogP contribution in [0, 0.1) is 0 Å². The number of benzene rings is 1. The number of aromatic nitrogens is 2. The van der Waals surface area contributed by atoms with E-state index in [4.69, 9.17) is 23.2 Å². The number of anilines is 3. The van der Waals surface area contributed by atoms with Gasteiger partial charge in [0.05, 0.1) is 6.54 Å². The summed E-state index contributed by atoms with van der Waals surface area (Å²) in [4.78, 5) is 34.7. The van der Waals surface area contributed by atoms with Gasteiger partial charge in [0.1, 0.15) is 18.0 Å². The zero-order chi connectivity index (χ0) is 21.1. The van der Waals surface area contributed by atoms with Crippen LogP contribution in [-0.2, 0) is 16.0 Å². The fourth-order valence-corrected chi connectivity index (χ4v) is 4.30. The molecular weight excluding hydrogens is 427 g/mol. The van der Waals surface area contributed by atoms with E-state index in [9.17, 15) is 9.59 Å². The molecule has 1 saturated heterocycles. The average molecular weight is 449 g/mol. The number of nitrogens with one attached hydrogen (secondary N) is 3. The molecule has 2 aliphatic heterocycles.